The van der Waals surface area contributed by atoms with Gasteiger partial charge in [-0.1, -0.05) is 0 Å². The Balaban J connectivity index is 3.02. The molecular weight excluding hydrogens is 312 g/mol. The highest BCUT2D eigenvalue weighted by molar-refractivity contribution is 9.11. The standard InChI is InChI=1S/C9H10Br2N2O/c1-5-3-6(10)8(7(11)4-5)13-9(14)12-2/h3-4H,1-2H3,(H2,12,13,14). The smallest absolute Gasteiger partial charge is 0.319 e. The summed E-state index contributed by atoms with van der Waals surface area (Å²) in [5.41, 5.74) is 1.85. The van der Waals surface area contributed by atoms with Crippen LogP contribution in [0.25, 0.3) is 0 Å². The number of hydrogen-bond acceptors (Lipinski definition) is 1. The van der Waals surface area contributed by atoms with Crippen molar-refractivity contribution in [2.45, 2.75) is 6.92 Å². The van der Waals surface area contributed by atoms with E-state index in [0.717, 1.165) is 20.2 Å². The Hall–Kier alpha value is -0.550. The van der Waals surface area contributed by atoms with Crippen LogP contribution >= 0.6 is 31.9 Å². The lowest BCUT2D eigenvalue weighted by Gasteiger charge is -2.09. The first kappa shape index (κ1) is 11.5. The fraction of sp³-hybridized carbons (Fsp3) is 0.222. The van der Waals surface area contributed by atoms with Crippen LogP contribution in [-0.2, 0) is 0 Å². The minimum atomic E-state index is -0.241. The molecule has 1 aromatic rings. The molecule has 0 aliphatic carbocycles. The second-order valence-corrected chi connectivity index (χ2v) is 4.52. The molecule has 0 unspecified atom stereocenters. The summed E-state index contributed by atoms with van der Waals surface area (Å²) < 4.78 is 1.71. The predicted molar refractivity (Wildman–Crippen MR) is 64.7 cm³/mol. The van der Waals surface area contributed by atoms with Gasteiger partial charge >= 0.3 is 6.03 Å². The number of halogens is 2. The van der Waals surface area contributed by atoms with Gasteiger partial charge in [0.1, 0.15) is 0 Å². The second kappa shape index (κ2) is 4.79. The molecule has 3 nitrogen and oxygen atoms in total. The van der Waals surface area contributed by atoms with Crippen molar-refractivity contribution in [2.24, 2.45) is 0 Å². The molecule has 2 N–H and O–H groups in total. The van der Waals surface area contributed by atoms with Crippen molar-refractivity contribution >= 4 is 43.6 Å². The van der Waals surface area contributed by atoms with Crippen LogP contribution in [0.1, 0.15) is 5.56 Å². The topological polar surface area (TPSA) is 41.1 Å². The van der Waals surface area contributed by atoms with Gasteiger partial charge < -0.3 is 10.6 Å². The van der Waals surface area contributed by atoms with Crippen LogP contribution in [-0.4, -0.2) is 13.1 Å². The Labute approximate surface area is 99.5 Å². The summed E-state index contributed by atoms with van der Waals surface area (Å²) >= 11 is 6.77. The van der Waals surface area contributed by atoms with Gasteiger partial charge in [0.2, 0.25) is 0 Å². The van der Waals surface area contributed by atoms with Crippen LogP contribution in [0.3, 0.4) is 0 Å². The average Bonchev–Trinajstić information content (AvgIpc) is 2.10. The van der Waals surface area contributed by atoms with Gasteiger partial charge in [-0.2, -0.15) is 0 Å². The molecule has 76 valence electrons. The highest BCUT2D eigenvalue weighted by Gasteiger charge is 2.08. The number of carbonyl (C=O) groups excluding carboxylic acids is 1. The molecule has 0 aliphatic rings. The van der Waals surface area contributed by atoms with Crippen LogP contribution in [0.4, 0.5) is 10.5 Å². The molecule has 1 rings (SSSR count). The fourth-order valence-corrected chi connectivity index (χ4v) is 2.61. The molecule has 0 atom stereocenters. The fourth-order valence-electron chi connectivity index (χ4n) is 0.995. The minimum absolute atomic E-state index is 0.241. The molecule has 0 heterocycles. The first-order valence-corrected chi connectivity index (χ1v) is 5.57. The molecule has 0 saturated carbocycles. The van der Waals surface area contributed by atoms with Crippen LogP contribution < -0.4 is 10.6 Å². The summed E-state index contributed by atoms with van der Waals surface area (Å²) in [7, 11) is 1.57. The lowest BCUT2D eigenvalue weighted by Crippen LogP contribution is -2.24. The molecule has 0 spiro atoms. The summed E-state index contributed by atoms with van der Waals surface area (Å²) in [6, 6.07) is 3.64. The molecular formula is C9H10Br2N2O. The molecule has 0 radical (unpaired) electrons. The number of rotatable bonds is 1. The quantitative estimate of drug-likeness (QED) is 0.819. The Kier molecular flexibility index (Phi) is 3.95. The zero-order valence-corrected chi connectivity index (χ0v) is 11.0. The number of benzene rings is 1. The van der Waals surface area contributed by atoms with Crippen LogP contribution in [0, 0.1) is 6.92 Å². The Morgan fingerprint density at radius 2 is 1.79 bits per heavy atom. The largest absolute Gasteiger partial charge is 0.341 e. The van der Waals surface area contributed by atoms with E-state index < -0.39 is 0 Å². The van der Waals surface area contributed by atoms with Crippen LogP contribution in [0.15, 0.2) is 21.1 Å². The lowest BCUT2D eigenvalue weighted by atomic mass is 10.2. The number of carbonyl (C=O) groups is 1. The van der Waals surface area contributed by atoms with E-state index in [1.165, 1.54) is 0 Å². The van der Waals surface area contributed by atoms with Gasteiger partial charge in [-0.3, -0.25) is 0 Å². The van der Waals surface area contributed by atoms with E-state index in [1.807, 2.05) is 19.1 Å². The van der Waals surface area contributed by atoms with Crippen LogP contribution in [0.5, 0.6) is 0 Å². The lowest BCUT2D eigenvalue weighted by molar-refractivity contribution is 0.254. The molecule has 14 heavy (non-hydrogen) atoms. The van der Waals surface area contributed by atoms with Crippen molar-refractivity contribution in [3.05, 3.63) is 26.6 Å². The number of hydrogen-bond donors (Lipinski definition) is 2. The Morgan fingerprint density at radius 1 is 1.29 bits per heavy atom. The van der Waals surface area contributed by atoms with Crippen molar-refractivity contribution in [2.75, 3.05) is 12.4 Å². The van der Waals surface area contributed by atoms with Crippen molar-refractivity contribution in [1.82, 2.24) is 5.32 Å². The maximum atomic E-state index is 11.1. The summed E-state index contributed by atoms with van der Waals surface area (Å²) in [4.78, 5) is 11.1. The summed E-state index contributed by atoms with van der Waals surface area (Å²) in [6.45, 7) is 1.99. The van der Waals surface area contributed by atoms with Gasteiger partial charge in [0, 0.05) is 16.0 Å². The monoisotopic (exact) mass is 320 g/mol. The molecule has 5 heteroatoms. The van der Waals surface area contributed by atoms with Crippen molar-refractivity contribution in [3.63, 3.8) is 0 Å². The normalized spacial score (nSPS) is 9.71. The van der Waals surface area contributed by atoms with Gasteiger partial charge in [0.25, 0.3) is 0 Å². The highest BCUT2D eigenvalue weighted by atomic mass is 79.9. The zero-order valence-electron chi connectivity index (χ0n) is 7.82. The maximum absolute atomic E-state index is 11.1. The van der Waals surface area contributed by atoms with Gasteiger partial charge in [-0.15, -0.1) is 0 Å². The van der Waals surface area contributed by atoms with Gasteiger partial charge in [0.15, 0.2) is 0 Å². The van der Waals surface area contributed by atoms with E-state index in [4.69, 9.17) is 0 Å². The molecule has 0 saturated heterocycles. The van der Waals surface area contributed by atoms with Gasteiger partial charge in [-0.25, -0.2) is 4.79 Å². The average molecular weight is 322 g/mol. The molecule has 0 fully saturated rings. The number of nitrogens with one attached hydrogen (secondary N) is 2. The van der Waals surface area contributed by atoms with E-state index >= 15 is 0 Å². The van der Waals surface area contributed by atoms with Crippen molar-refractivity contribution < 1.29 is 4.79 Å². The minimum Gasteiger partial charge on any atom is -0.341 e. The molecule has 0 aromatic heterocycles. The highest BCUT2D eigenvalue weighted by Crippen LogP contribution is 2.32. The first-order valence-electron chi connectivity index (χ1n) is 3.99. The zero-order chi connectivity index (χ0) is 10.7. The number of aryl methyl sites for hydroxylation is 1. The summed E-state index contributed by atoms with van der Waals surface area (Å²) in [5.74, 6) is 0. The van der Waals surface area contributed by atoms with Crippen molar-refractivity contribution in [3.8, 4) is 0 Å². The van der Waals surface area contributed by atoms with Gasteiger partial charge in [0.05, 0.1) is 5.69 Å². The number of urea groups is 1. The van der Waals surface area contributed by atoms with E-state index in [0.29, 0.717) is 0 Å². The van der Waals surface area contributed by atoms with E-state index in [-0.39, 0.29) is 6.03 Å². The van der Waals surface area contributed by atoms with E-state index in [2.05, 4.69) is 42.5 Å². The molecule has 0 aliphatic heterocycles. The van der Waals surface area contributed by atoms with Crippen LogP contribution in [0.2, 0.25) is 0 Å². The van der Waals surface area contributed by atoms with Gasteiger partial charge in [-0.05, 0) is 56.5 Å². The molecule has 0 bridgehead atoms. The predicted octanol–water partition coefficient (Wildman–Crippen LogP) is 3.27. The maximum Gasteiger partial charge on any atom is 0.319 e. The third-order valence-corrected chi connectivity index (χ3v) is 2.90. The van der Waals surface area contributed by atoms with E-state index in [1.54, 1.807) is 7.05 Å². The molecule has 1 aromatic carbocycles. The number of anilines is 1. The Morgan fingerprint density at radius 3 is 2.21 bits per heavy atom. The number of amides is 2. The first-order chi connectivity index (χ1) is 6.54. The van der Waals surface area contributed by atoms with Crippen molar-refractivity contribution in [1.29, 1.82) is 0 Å². The third-order valence-electron chi connectivity index (χ3n) is 1.65. The third kappa shape index (κ3) is 2.72. The molecule has 2 amide bonds. The Bertz CT molecular complexity index is 343. The second-order valence-electron chi connectivity index (χ2n) is 2.81. The summed E-state index contributed by atoms with van der Waals surface area (Å²) in [6.07, 6.45) is 0. The summed E-state index contributed by atoms with van der Waals surface area (Å²) in [5, 5.41) is 5.20. The SMILES string of the molecule is CNC(=O)Nc1c(Br)cc(C)cc1Br. The van der Waals surface area contributed by atoms with E-state index in [9.17, 15) is 4.79 Å².